The van der Waals surface area contributed by atoms with E-state index in [1.807, 2.05) is 13.8 Å². The maximum absolute atomic E-state index is 12.4. The molecule has 0 radical (unpaired) electrons. The van der Waals surface area contributed by atoms with Gasteiger partial charge in [0.05, 0.1) is 5.69 Å². The number of hydrogen-bond acceptors (Lipinski definition) is 6. The largest absolute Gasteiger partial charge is 0.396 e. The van der Waals surface area contributed by atoms with Gasteiger partial charge in [0.2, 0.25) is 5.78 Å². The lowest BCUT2D eigenvalue weighted by molar-refractivity contribution is 0.104. The van der Waals surface area contributed by atoms with Crippen LogP contribution in [0.5, 0.6) is 0 Å². The highest BCUT2D eigenvalue weighted by Crippen LogP contribution is 2.36. The predicted molar refractivity (Wildman–Crippen MR) is 79.9 cm³/mol. The summed E-state index contributed by atoms with van der Waals surface area (Å²) in [6.45, 7) is 3.92. The zero-order valence-electron chi connectivity index (χ0n) is 11.2. The molecule has 3 N–H and O–H groups in total. The summed E-state index contributed by atoms with van der Waals surface area (Å²) in [5.74, 6) is -0.214. The highest BCUT2D eigenvalue weighted by molar-refractivity contribution is 7.19. The van der Waals surface area contributed by atoms with E-state index < -0.39 is 0 Å². The van der Waals surface area contributed by atoms with Gasteiger partial charge in [-0.25, -0.2) is 0 Å². The van der Waals surface area contributed by atoms with Crippen LogP contribution in [0.1, 0.15) is 34.6 Å². The highest BCUT2D eigenvalue weighted by atomic mass is 32.1. The van der Waals surface area contributed by atoms with Crippen LogP contribution in [-0.4, -0.2) is 16.8 Å². The van der Waals surface area contributed by atoms with E-state index in [4.69, 9.17) is 5.73 Å². The molecule has 5 nitrogen and oxygen atoms in total. The molecule has 2 heterocycles. The molecule has 0 spiro atoms. The second-order valence-electron chi connectivity index (χ2n) is 4.53. The van der Waals surface area contributed by atoms with E-state index in [1.54, 1.807) is 18.3 Å². The number of nitrogens with one attached hydrogen (secondary N) is 1. The van der Waals surface area contributed by atoms with E-state index in [0.29, 0.717) is 21.0 Å². The molecule has 0 unspecified atom stereocenters. The van der Waals surface area contributed by atoms with Gasteiger partial charge in [-0.2, -0.15) is 5.26 Å². The molecule has 0 amide bonds. The van der Waals surface area contributed by atoms with Crippen molar-refractivity contribution in [3.05, 3.63) is 40.5 Å². The Morgan fingerprint density at radius 3 is 2.85 bits per heavy atom. The highest BCUT2D eigenvalue weighted by Gasteiger charge is 2.22. The number of rotatable bonds is 4. The van der Waals surface area contributed by atoms with Gasteiger partial charge in [0.25, 0.3) is 0 Å². The standard InChI is InChI=1S/C14H14N4OS/c1-8(2)18-14-10(6-15)11(16)13(20-14)12(19)9-4-3-5-17-7-9/h3-5,7-8,18H,16H2,1-2H3. The number of carbonyl (C=O) groups is 1. The van der Waals surface area contributed by atoms with Crippen molar-refractivity contribution in [3.63, 3.8) is 0 Å². The van der Waals surface area contributed by atoms with E-state index in [-0.39, 0.29) is 17.5 Å². The Balaban J connectivity index is 2.46. The van der Waals surface area contributed by atoms with Crippen molar-refractivity contribution in [1.82, 2.24) is 4.98 Å². The first-order valence-corrected chi connectivity index (χ1v) is 6.89. The van der Waals surface area contributed by atoms with Gasteiger partial charge in [0, 0.05) is 24.0 Å². The van der Waals surface area contributed by atoms with Crippen molar-refractivity contribution in [2.24, 2.45) is 0 Å². The lowest BCUT2D eigenvalue weighted by atomic mass is 10.1. The number of ketones is 1. The minimum Gasteiger partial charge on any atom is -0.396 e. The van der Waals surface area contributed by atoms with Crippen LogP contribution >= 0.6 is 11.3 Å². The van der Waals surface area contributed by atoms with Crippen LogP contribution in [0.15, 0.2) is 24.5 Å². The van der Waals surface area contributed by atoms with E-state index in [1.165, 1.54) is 17.5 Å². The van der Waals surface area contributed by atoms with E-state index >= 15 is 0 Å². The third kappa shape index (κ3) is 2.63. The lowest BCUT2D eigenvalue weighted by Crippen LogP contribution is -2.09. The normalized spacial score (nSPS) is 10.3. The summed E-state index contributed by atoms with van der Waals surface area (Å²) in [5.41, 5.74) is 6.96. The number of nitrogen functional groups attached to an aromatic ring is 1. The third-order valence-corrected chi connectivity index (χ3v) is 3.74. The molecule has 0 aliphatic heterocycles. The van der Waals surface area contributed by atoms with Crippen LogP contribution in [0.4, 0.5) is 10.7 Å². The van der Waals surface area contributed by atoms with Crippen LogP contribution in [0.3, 0.4) is 0 Å². The molecule has 102 valence electrons. The monoisotopic (exact) mass is 286 g/mol. The number of carbonyl (C=O) groups excluding carboxylic acids is 1. The fraction of sp³-hybridized carbons (Fsp3) is 0.214. The average molecular weight is 286 g/mol. The molecule has 0 saturated carbocycles. The van der Waals surface area contributed by atoms with Gasteiger partial charge in [-0.3, -0.25) is 9.78 Å². The first kappa shape index (κ1) is 14.0. The molecular formula is C14H14N4OS. The lowest BCUT2D eigenvalue weighted by Gasteiger charge is -2.06. The zero-order valence-corrected chi connectivity index (χ0v) is 12.0. The van der Waals surface area contributed by atoms with Gasteiger partial charge in [-0.05, 0) is 26.0 Å². The summed E-state index contributed by atoms with van der Waals surface area (Å²) in [7, 11) is 0. The molecule has 2 aromatic rings. The Morgan fingerprint density at radius 2 is 2.30 bits per heavy atom. The van der Waals surface area contributed by atoms with E-state index in [0.717, 1.165) is 0 Å². The SMILES string of the molecule is CC(C)Nc1sc(C(=O)c2cccnc2)c(N)c1C#N. The molecule has 2 aromatic heterocycles. The molecule has 0 atom stereocenters. The first-order chi connectivity index (χ1) is 9.54. The maximum atomic E-state index is 12.4. The molecule has 0 bridgehead atoms. The summed E-state index contributed by atoms with van der Waals surface area (Å²) < 4.78 is 0. The predicted octanol–water partition coefficient (Wildman–Crippen LogP) is 2.65. The molecule has 6 heteroatoms. The van der Waals surface area contributed by atoms with Crippen molar-refractivity contribution in [1.29, 1.82) is 5.26 Å². The molecule has 0 saturated heterocycles. The number of pyridine rings is 1. The maximum Gasteiger partial charge on any atom is 0.206 e. The van der Waals surface area contributed by atoms with Crippen LogP contribution in [-0.2, 0) is 0 Å². The topological polar surface area (TPSA) is 91.8 Å². The fourth-order valence-electron chi connectivity index (χ4n) is 1.72. The Morgan fingerprint density at radius 1 is 1.55 bits per heavy atom. The third-order valence-electron chi connectivity index (χ3n) is 2.61. The molecule has 0 aromatic carbocycles. The Labute approximate surface area is 121 Å². The molecule has 0 aliphatic carbocycles. The van der Waals surface area contributed by atoms with Crippen molar-refractivity contribution in [2.75, 3.05) is 11.1 Å². The number of anilines is 2. The Bertz CT molecular complexity index is 670. The summed E-state index contributed by atoms with van der Waals surface area (Å²) in [6.07, 6.45) is 3.09. The number of thiophene rings is 1. The minimum absolute atomic E-state index is 0.154. The molecule has 0 fully saturated rings. The fourth-order valence-corrected chi connectivity index (χ4v) is 2.89. The van der Waals surface area contributed by atoms with E-state index in [2.05, 4.69) is 16.4 Å². The first-order valence-electron chi connectivity index (χ1n) is 6.08. The van der Waals surface area contributed by atoms with Crippen LogP contribution < -0.4 is 11.1 Å². The number of nitrogens with two attached hydrogens (primary N) is 1. The Kier molecular flexibility index (Phi) is 4.01. The van der Waals surface area contributed by atoms with Gasteiger partial charge < -0.3 is 11.1 Å². The summed E-state index contributed by atoms with van der Waals surface area (Å²) in [4.78, 5) is 16.7. The van der Waals surface area contributed by atoms with Gasteiger partial charge in [-0.1, -0.05) is 0 Å². The van der Waals surface area contributed by atoms with Gasteiger partial charge in [-0.15, -0.1) is 11.3 Å². The minimum atomic E-state index is -0.214. The number of aromatic nitrogens is 1. The van der Waals surface area contributed by atoms with Crippen LogP contribution in [0.25, 0.3) is 0 Å². The summed E-state index contributed by atoms with van der Waals surface area (Å²) >= 11 is 1.21. The second-order valence-corrected chi connectivity index (χ2v) is 5.55. The van der Waals surface area contributed by atoms with Gasteiger partial charge >= 0.3 is 0 Å². The van der Waals surface area contributed by atoms with Crippen molar-refractivity contribution >= 4 is 27.8 Å². The molecule has 20 heavy (non-hydrogen) atoms. The molecule has 0 aliphatic rings. The molecule has 2 rings (SSSR count). The second kappa shape index (κ2) is 5.72. The van der Waals surface area contributed by atoms with Crippen molar-refractivity contribution < 1.29 is 4.79 Å². The zero-order chi connectivity index (χ0) is 14.7. The van der Waals surface area contributed by atoms with Crippen LogP contribution in [0, 0.1) is 11.3 Å². The number of nitrogens with zero attached hydrogens (tertiary/aromatic N) is 2. The smallest absolute Gasteiger partial charge is 0.206 e. The quantitative estimate of drug-likeness (QED) is 0.843. The van der Waals surface area contributed by atoms with Gasteiger partial charge in [0.1, 0.15) is 21.5 Å². The van der Waals surface area contributed by atoms with Crippen molar-refractivity contribution in [3.8, 4) is 6.07 Å². The molecular weight excluding hydrogens is 272 g/mol. The average Bonchev–Trinajstić information content (AvgIpc) is 2.74. The number of hydrogen-bond donors (Lipinski definition) is 2. The summed E-state index contributed by atoms with van der Waals surface area (Å²) in [5, 5.41) is 13.0. The van der Waals surface area contributed by atoms with E-state index in [9.17, 15) is 10.1 Å². The number of nitriles is 1. The van der Waals surface area contributed by atoms with Gasteiger partial charge in [0.15, 0.2) is 0 Å². The summed E-state index contributed by atoms with van der Waals surface area (Å²) in [6, 6.07) is 5.57. The van der Waals surface area contributed by atoms with Crippen LogP contribution in [0.2, 0.25) is 0 Å². The Hall–Kier alpha value is -2.39. The van der Waals surface area contributed by atoms with Crippen molar-refractivity contribution in [2.45, 2.75) is 19.9 Å².